The Bertz CT molecular complexity index is 1210. The average molecular weight is 507 g/mol. The molecule has 8 nitrogen and oxygen atoms in total. The highest BCUT2D eigenvalue weighted by atomic mass is 16.5. The van der Waals surface area contributed by atoms with Crippen LogP contribution in [0.1, 0.15) is 59.8 Å². The first kappa shape index (κ1) is 26.1. The van der Waals surface area contributed by atoms with Gasteiger partial charge in [0.2, 0.25) is 5.91 Å². The van der Waals surface area contributed by atoms with E-state index in [0.29, 0.717) is 39.8 Å². The predicted octanol–water partition coefficient (Wildman–Crippen LogP) is 5.45. The first-order valence-corrected chi connectivity index (χ1v) is 12.5. The van der Waals surface area contributed by atoms with Crippen molar-refractivity contribution in [1.82, 2.24) is 5.32 Å². The Morgan fingerprint density at radius 3 is 2.27 bits per heavy atom. The standard InChI is InChI=1S/C29H34N2O6/c1-19-23(17-18-37-19)29(33)31(21-13-15-22(34-2)16-14-21)26(28(32)30-20-9-6-5-7-10-20)24-11-8-12-25(35-3)27(24)36-4/h8,11-18,20,26H,5-7,9-10H2,1-4H3,(H,30,32). The minimum absolute atomic E-state index is 0.0452. The summed E-state index contributed by atoms with van der Waals surface area (Å²) in [7, 11) is 4.64. The number of para-hydroxylation sites is 1. The number of carbonyl (C=O) groups is 2. The number of nitrogens with one attached hydrogen (secondary N) is 1. The minimum Gasteiger partial charge on any atom is -0.497 e. The van der Waals surface area contributed by atoms with Crippen LogP contribution in [0.4, 0.5) is 5.69 Å². The maximum absolute atomic E-state index is 14.1. The van der Waals surface area contributed by atoms with Crippen LogP contribution in [0.5, 0.6) is 17.2 Å². The third kappa shape index (κ3) is 5.58. The molecule has 1 fully saturated rings. The molecule has 1 aromatic heterocycles. The van der Waals surface area contributed by atoms with Crippen molar-refractivity contribution >= 4 is 17.5 Å². The van der Waals surface area contributed by atoms with Crippen LogP contribution < -0.4 is 24.4 Å². The Labute approximate surface area is 217 Å². The van der Waals surface area contributed by atoms with E-state index >= 15 is 0 Å². The molecule has 2 amide bonds. The number of furan rings is 1. The summed E-state index contributed by atoms with van der Waals surface area (Å²) in [5, 5.41) is 3.22. The molecule has 0 aliphatic heterocycles. The van der Waals surface area contributed by atoms with E-state index in [0.717, 1.165) is 32.1 Å². The number of methoxy groups -OCH3 is 3. The third-order valence-electron chi connectivity index (χ3n) is 6.84. The summed E-state index contributed by atoms with van der Waals surface area (Å²) in [4.78, 5) is 29.7. The topological polar surface area (TPSA) is 90.2 Å². The van der Waals surface area contributed by atoms with E-state index in [2.05, 4.69) is 5.32 Å². The summed E-state index contributed by atoms with van der Waals surface area (Å²) in [5.74, 6) is 1.31. The number of amides is 2. The Balaban J connectivity index is 1.89. The molecule has 1 heterocycles. The van der Waals surface area contributed by atoms with Gasteiger partial charge in [-0.05, 0) is 56.2 Å². The largest absolute Gasteiger partial charge is 0.497 e. The van der Waals surface area contributed by atoms with E-state index < -0.39 is 6.04 Å². The fourth-order valence-electron chi connectivity index (χ4n) is 4.91. The lowest BCUT2D eigenvalue weighted by Crippen LogP contribution is -2.47. The molecule has 1 saturated carbocycles. The summed E-state index contributed by atoms with van der Waals surface area (Å²) < 4.78 is 22.0. The fourth-order valence-corrected chi connectivity index (χ4v) is 4.91. The molecule has 0 radical (unpaired) electrons. The quantitative estimate of drug-likeness (QED) is 0.415. The second-order valence-electron chi connectivity index (χ2n) is 9.09. The van der Waals surface area contributed by atoms with Gasteiger partial charge in [-0.2, -0.15) is 0 Å². The van der Waals surface area contributed by atoms with Crippen LogP contribution in [-0.4, -0.2) is 39.2 Å². The van der Waals surface area contributed by atoms with Gasteiger partial charge in [-0.15, -0.1) is 0 Å². The lowest BCUT2D eigenvalue weighted by Gasteiger charge is -2.34. The number of rotatable bonds is 9. The van der Waals surface area contributed by atoms with Crippen molar-refractivity contribution in [2.75, 3.05) is 26.2 Å². The Morgan fingerprint density at radius 1 is 0.946 bits per heavy atom. The normalized spacial score (nSPS) is 14.5. The first-order valence-electron chi connectivity index (χ1n) is 12.5. The number of benzene rings is 2. The fraction of sp³-hybridized carbons (Fsp3) is 0.379. The number of hydrogen-bond acceptors (Lipinski definition) is 6. The molecule has 1 aliphatic rings. The maximum Gasteiger partial charge on any atom is 0.262 e. The Hall–Kier alpha value is -3.94. The van der Waals surface area contributed by atoms with Crippen LogP contribution in [0.2, 0.25) is 0 Å². The summed E-state index contributed by atoms with van der Waals surface area (Å²) in [6.07, 6.45) is 6.57. The van der Waals surface area contributed by atoms with Crippen LogP contribution in [0.25, 0.3) is 0 Å². The predicted molar refractivity (Wildman–Crippen MR) is 141 cm³/mol. The average Bonchev–Trinajstić information content (AvgIpc) is 3.37. The van der Waals surface area contributed by atoms with Gasteiger partial charge in [0.15, 0.2) is 11.5 Å². The Morgan fingerprint density at radius 2 is 1.68 bits per heavy atom. The van der Waals surface area contributed by atoms with E-state index in [4.69, 9.17) is 18.6 Å². The second kappa shape index (κ2) is 11.9. The molecule has 37 heavy (non-hydrogen) atoms. The van der Waals surface area contributed by atoms with Gasteiger partial charge in [0.1, 0.15) is 17.6 Å². The number of ether oxygens (including phenoxy) is 3. The molecule has 0 saturated heterocycles. The smallest absolute Gasteiger partial charge is 0.262 e. The van der Waals surface area contributed by atoms with Crippen molar-refractivity contribution in [3.63, 3.8) is 0 Å². The van der Waals surface area contributed by atoms with E-state index in [1.54, 1.807) is 69.7 Å². The van der Waals surface area contributed by atoms with Crippen molar-refractivity contribution in [2.45, 2.75) is 51.1 Å². The number of nitrogens with zero attached hydrogens (tertiary/aromatic N) is 1. The van der Waals surface area contributed by atoms with E-state index in [-0.39, 0.29) is 17.9 Å². The lowest BCUT2D eigenvalue weighted by atomic mass is 9.94. The molecular formula is C29H34N2O6. The van der Waals surface area contributed by atoms with Crippen LogP contribution in [0.3, 0.4) is 0 Å². The molecule has 1 N–H and O–H groups in total. The zero-order chi connectivity index (χ0) is 26.4. The molecule has 0 bridgehead atoms. The lowest BCUT2D eigenvalue weighted by molar-refractivity contribution is -0.123. The summed E-state index contributed by atoms with van der Waals surface area (Å²) in [6.45, 7) is 1.72. The number of aryl methyl sites for hydroxylation is 1. The molecule has 3 aromatic rings. The highest BCUT2D eigenvalue weighted by Gasteiger charge is 2.38. The van der Waals surface area contributed by atoms with Gasteiger partial charge < -0.3 is 23.9 Å². The van der Waals surface area contributed by atoms with Crippen LogP contribution in [0, 0.1) is 6.92 Å². The van der Waals surface area contributed by atoms with Gasteiger partial charge in [0, 0.05) is 17.3 Å². The van der Waals surface area contributed by atoms with Crippen LogP contribution in [-0.2, 0) is 4.79 Å². The van der Waals surface area contributed by atoms with Crippen molar-refractivity contribution in [3.8, 4) is 17.2 Å². The van der Waals surface area contributed by atoms with Gasteiger partial charge >= 0.3 is 0 Å². The van der Waals surface area contributed by atoms with Crippen LogP contribution in [0.15, 0.2) is 59.2 Å². The number of hydrogen-bond donors (Lipinski definition) is 1. The SMILES string of the molecule is COc1ccc(N(C(=O)c2ccoc2C)C(C(=O)NC2CCCCC2)c2cccc(OC)c2OC)cc1. The van der Waals surface area contributed by atoms with Crippen molar-refractivity contribution in [2.24, 2.45) is 0 Å². The van der Waals surface area contributed by atoms with E-state index in [1.165, 1.54) is 18.3 Å². The summed E-state index contributed by atoms with van der Waals surface area (Å²) in [6, 6.07) is 13.0. The zero-order valence-electron chi connectivity index (χ0n) is 21.8. The molecular weight excluding hydrogens is 472 g/mol. The molecule has 1 unspecified atom stereocenters. The molecule has 196 valence electrons. The van der Waals surface area contributed by atoms with Gasteiger partial charge in [-0.1, -0.05) is 31.4 Å². The van der Waals surface area contributed by atoms with Gasteiger partial charge in [-0.25, -0.2) is 0 Å². The van der Waals surface area contributed by atoms with Gasteiger partial charge in [0.05, 0.1) is 33.2 Å². The minimum atomic E-state index is -1.04. The first-order chi connectivity index (χ1) is 18.0. The van der Waals surface area contributed by atoms with Crippen molar-refractivity contribution < 1.29 is 28.2 Å². The maximum atomic E-state index is 14.1. The summed E-state index contributed by atoms with van der Waals surface area (Å²) in [5.41, 5.74) is 1.41. The number of anilines is 1. The molecule has 1 aliphatic carbocycles. The highest BCUT2D eigenvalue weighted by molar-refractivity contribution is 6.10. The molecule has 2 aromatic carbocycles. The Kier molecular flexibility index (Phi) is 8.38. The second-order valence-corrected chi connectivity index (χ2v) is 9.09. The highest BCUT2D eigenvalue weighted by Crippen LogP contribution is 2.40. The molecule has 0 spiro atoms. The molecule has 4 rings (SSSR count). The van der Waals surface area contributed by atoms with E-state index in [1.807, 2.05) is 0 Å². The summed E-state index contributed by atoms with van der Waals surface area (Å²) >= 11 is 0. The molecule has 1 atom stereocenters. The van der Waals surface area contributed by atoms with Gasteiger partial charge in [0.25, 0.3) is 5.91 Å². The van der Waals surface area contributed by atoms with Crippen LogP contribution >= 0.6 is 0 Å². The zero-order valence-corrected chi connectivity index (χ0v) is 21.8. The van der Waals surface area contributed by atoms with Gasteiger partial charge in [-0.3, -0.25) is 14.5 Å². The molecule has 8 heteroatoms. The van der Waals surface area contributed by atoms with Crippen molar-refractivity contribution in [1.29, 1.82) is 0 Å². The van der Waals surface area contributed by atoms with Crippen molar-refractivity contribution in [3.05, 3.63) is 71.7 Å². The number of carbonyl (C=O) groups excluding carboxylic acids is 2. The van der Waals surface area contributed by atoms with E-state index in [9.17, 15) is 9.59 Å². The third-order valence-corrected chi connectivity index (χ3v) is 6.84. The monoisotopic (exact) mass is 506 g/mol.